The van der Waals surface area contributed by atoms with Crippen molar-refractivity contribution < 1.29 is 0 Å². The molecule has 0 atom stereocenters. The van der Waals surface area contributed by atoms with Crippen LogP contribution in [-0.4, -0.2) is 6.21 Å². The van der Waals surface area contributed by atoms with Crippen LogP contribution in [0.15, 0.2) is 48.5 Å². The molecule has 1 heteroatoms. The first kappa shape index (κ1) is 11.6. The van der Waals surface area contributed by atoms with E-state index in [4.69, 9.17) is 5.41 Å². The lowest BCUT2D eigenvalue weighted by atomic mass is 9.91. The van der Waals surface area contributed by atoms with Gasteiger partial charge in [0.2, 0.25) is 0 Å². The molecule has 0 fully saturated rings. The monoisotopic (exact) mass is 223 g/mol. The number of rotatable bonds is 3. The summed E-state index contributed by atoms with van der Waals surface area (Å²) in [5, 5.41) is 7.62. The summed E-state index contributed by atoms with van der Waals surface area (Å²) in [6.45, 7) is 4.16. The molecule has 0 heterocycles. The van der Waals surface area contributed by atoms with Gasteiger partial charge in [0.05, 0.1) is 0 Å². The molecule has 86 valence electrons. The van der Waals surface area contributed by atoms with E-state index in [-0.39, 0.29) is 5.92 Å². The third kappa shape index (κ3) is 2.62. The molecule has 0 aromatic heterocycles. The molecule has 0 unspecified atom stereocenters. The van der Waals surface area contributed by atoms with Crippen LogP contribution in [0.1, 0.15) is 28.2 Å². The van der Waals surface area contributed by atoms with Crippen LogP contribution in [0.25, 0.3) is 0 Å². The molecule has 0 saturated heterocycles. The average molecular weight is 223 g/mol. The molecule has 0 aliphatic rings. The lowest BCUT2D eigenvalue weighted by molar-refractivity contribution is 1.09. The molecular weight excluding hydrogens is 206 g/mol. The summed E-state index contributed by atoms with van der Waals surface area (Å²) >= 11 is 0. The molecule has 0 radical (unpaired) electrons. The van der Waals surface area contributed by atoms with Crippen molar-refractivity contribution in [2.24, 2.45) is 0 Å². The maximum atomic E-state index is 7.62. The van der Waals surface area contributed by atoms with Gasteiger partial charge in [-0.1, -0.05) is 59.7 Å². The standard InChI is InChI=1S/C16H17N/c1-12-3-7-14(8-4-12)16(11-17)15-9-5-13(2)6-10-15/h3-11,16-17H,1-2H3. The van der Waals surface area contributed by atoms with Crippen LogP contribution in [-0.2, 0) is 0 Å². The Kier molecular flexibility index (Phi) is 3.38. The number of benzene rings is 2. The van der Waals surface area contributed by atoms with Gasteiger partial charge in [0.1, 0.15) is 0 Å². The fraction of sp³-hybridized carbons (Fsp3) is 0.188. The quantitative estimate of drug-likeness (QED) is 0.758. The summed E-state index contributed by atoms with van der Waals surface area (Å²) in [7, 11) is 0. The van der Waals surface area contributed by atoms with Gasteiger partial charge in [-0.2, -0.15) is 0 Å². The lowest BCUT2D eigenvalue weighted by Crippen LogP contribution is -2.01. The van der Waals surface area contributed by atoms with Crippen molar-refractivity contribution in [3.63, 3.8) is 0 Å². The number of hydrogen-bond acceptors (Lipinski definition) is 1. The van der Waals surface area contributed by atoms with Gasteiger partial charge >= 0.3 is 0 Å². The van der Waals surface area contributed by atoms with Crippen LogP contribution in [0.2, 0.25) is 0 Å². The molecule has 2 rings (SSSR count). The molecular formula is C16H17N. The number of hydrogen-bond donors (Lipinski definition) is 1. The predicted octanol–water partition coefficient (Wildman–Crippen LogP) is 4.08. The van der Waals surface area contributed by atoms with Gasteiger partial charge in [0.15, 0.2) is 0 Å². The smallest absolute Gasteiger partial charge is 0.0436 e. The first-order valence-electron chi connectivity index (χ1n) is 5.84. The summed E-state index contributed by atoms with van der Waals surface area (Å²) in [5.41, 5.74) is 4.85. The van der Waals surface area contributed by atoms with E-state index in [2.05, 4.69) is 62.4 Å². The topological polar surface area (TPSA) is 23.9 Å². The molecule has 1 N–H and O–H groups in total. The van der Waals surface area contributed by atoms with Crippen molar-refractivity contribution in [3.8, 4) is 0 Å². The van der Waals surface area contributed by atoms with Gasteiger partial charge in [0.25, 0.3) is 0 Å². The lowest BCUT2D eigenvalue weighted by Gasteiger charge is -2.13. The van der Waals surface area contributed by atoms with Crippen LogP contribution in [0, 0.1) is 19.3 Å². The Balaban J connectivity index is 2.36. The van der Waals surface area contributed by atoms with E-state index in [0.717, 1.165) is 0 Å². The summed E-state index contributed by atoms with van der Waals surface area (Å²) in [6, 6.07) is 16.8. The zero-order valence-corrected chi connectivity index (χ0v) is 10.3. The highest BCUT2D eigenvalue weighted by molar-refractivity contribution is 5.70. The van der Waals surface area contributed by atoms with E-state index >= 15 is 0 Å². The third-order valence-corrected chi connectivity index (χ3v) is 3.04. The van der Waals surface area contributed by atoms with Crippen molar-refractivity contribution >= 4 is 6.21 Å². The van der Waals surface area contributed by atoms with Gasteiger partial charge in [0, 0.05) is 12.1 Å². The Morgan fingerprint density at radius 1 is 0.765 bits per heavy atom. The molecule has 1 nitrogen and oxygen atoms in total. The molecule has 0 spiro atoms. The zero-order valence-electron chi connectivity index (χ0n) is 10.3. The largest absolute Gasteiger partial charge is 0.312 e. The van der Waals surface area contributed by atoms with E-state index in [1.807, 2.05) is 0 Å². The Morgan fingerprint density at radius 3 is 1.41 bits per heavy atom. The normalized spacial score (nSPS) is 10.5. The Bertz CT molecular complexity index is 449. The molecule has 2 aromatic rings. The highest BCUT2D eigenvalue weighted by Crippen LogP contribution is 2.23. The van der Waals surface area contributed by atoms with Crippen molar-refractivity contribution in [1.29, 1.82) is 5.41 Å². The van der Waals surface area contributed by atoms with Crippen LogP contribution >= 0.6 is 0 Å². The van der Waals surface area contributed by atoms with Crippen LogP contribution in [0.3, 0.4) is 0 Å². The highest BCUT2D eigenvalue weighted by Gasteiger charge is 2.10. The predicted molar refractivity (Wildman–Crippen MR) is 73.0 cm³/mol. The second-order valence-electron chi connectivity index (χ2n) is 4.47. The Hall–Kier alpha value is -1.89. The molecule has 0 aliphatic carbocycles. The Labute approximate surface area is 103 Å². The highest BCUT2D eigenvalue weighted by atomic mass is 14.4. The van der Waals surface area contributed by atoms with Gasteiger partial charge in [-0.15, -0.1) is 0 Å². The minimum atomic E-state index is 0.0659. The van der Waals surface area contributed by atoms with Crippen molar-refractivity contribution in [3.05, 3.63) is 70.8 Å². The Morgan fingerprint density at radius 2 is 1.12 bits per heavy atom. The van der Waals surface area contributed by atoms with Crippen molar-refractivity contribution in [2.75, 3.05) is 0 Å². The van der Waals surface area contributed by atoms with Gasteiger partial charge in [-0.25, -0.2) is 0 Å². The fourth-order valence-corrected chi connectivity index (χ4v) is 1.93. The number of aryl methyl sites for hydroxylation is 2. The molecule has 0 amide bonds. The van der Waals surface area contributed by atoms with Gasteiger partial charge in [-0.05, 0) is 25.0 Å². The van der Waals surface area contributed by atoms with Crippen LogP contribution in [0.4, 0.5) is 0 Å². The summed E-state index contributed by atoms with van der Waals surface area (Å²) in [6.07, 6.45) is 1.51. The second-order valence-corrected chi connectivity index (χ2v) is 4.47. The van der Waals surface area contributed by atoms with Gasteiger partial charge < -0.3 is 5.41 Å². The molecule has 0 aliphatic heterocycles. The summed E-state index contributed by atoms with van der Waals surface area (Å²) in [5.74, 6) is 0.0659. The first-order valence-corrected chi connectivity index (χ1v) is 5.84. The zero-order chi connectivity index (χ0) is 12.3. The minimum absolute atomic E-state index is 0.0659. The summed E-state index contributed by atoms with van der Waals surface area (Å²) < 4.78 is 0. The van der Waals surface area contributed by atoms with E-state index in [9.17, 15) is 0 Å². The van der Waals surface area contributed by atoms with E-state index in [1.165, 1.54) is 28.5 Å². The van der Waals surface area contributed by atoms with E-state index in [1.54, 1.807) is 0 Å². The molecule has 2 aromatic carbocycles. The van der Waals surface area contributed by atoms with E-state index in [0.29, 0.717) is 0 Å². The third-order valence-electron chi connectivity index (χ3n) is 3.04. The van der Waals surface area contributed by atoms with E-state index < -0.39 is 0 Å². The van der Waals surface area contributed by atoms with Crippen molar-refractivity contribution in [2.45, 2.75) is 19.8 Å². The SMILES string of the molecule is Cc1ccc(C(C=N)c2ccc(C)cc2)cc1. The van der Waals surface area contributed by atoms with Crippen molar-refractivity contribution in [1.82, 2.24) is 0 Å². The maximum Gasteiger partial charge on any atom is 0.0436 e. The molecule has 17 heavy (non-hydrogen) atoms. The van der Waals surface area contributed by atoms with Crippen LogP contribution in [0.5, 0.6) is 0 Å². The summed E-state index contributed by atoms with van der Waals surface area (Å²) in [4.78, 5) is 0. The maximum absolute atomic E-state index is 7.62. The minimum Gasteiger partial charge on any atom is -0.312 e. The van der Waals surface area contributed by atoms with Crippen LogP contribution < -0.4 is 0 Å². The molecule has 0 bridgehead atoms. The first-order chi connectivity index (χ1) is 8.20. The molecule has 0 saturated carbocycles. The fourth-order valence-electron chi connectivity index (χ4n) is 1.93. The van der Waals surface area contributed by atoms with Gasteiger partial charge in [-0.3, -0.25) is 0 Å². The second kappa shape index (κ2) is 4.96. The average Bonchev–Trinajstić information content (AvgIpc) is 2.35. The number of nitrogens with one attached hydrogen (secondary N) is 1.